The lowest BCUT2D eigenvalue weighted by Gasteiger charge is -2.12. The molecule has 3 heterocycles. The Morgan fingerprint density at radius 1 is 1.00 bits per heavy atom. The smallest absolute Gasteiger partial charge is 0.228 e. The summed E-state index contributed by atoms with van der Waals surface area (Å²) >= 11 is 0. The summed E-state index contributed by atoms with van der Waals surface area (Å²) in [6, 6.07) is 11.2. The van der Waals surface area contributed by atoms with Crippen molar-refractivity contribution in [2.75, 3.05) is 16.8 Å². The maximum atomic E-state index is 12.3. The Morgan fingerprint density at radius 2 is 1.71 bits per heavy atom. The van der Waals surface area contributed by atoms with Crippen LogP contribution in [-0.2, 0) is 30.6 Å². The van der Waals surface area contributed by atoms with Crippen molar-refractivity contribution in [1.29, 1.82) is 0 Å². The summed E-state index contributed by atoms with van der Waals surface area (Å²) in [5, 5.41) is 6.67. The standard InChI is InChI=1S/C23H24N4O4S.C4H7NO/c28-21(25-17-8-10-32(30,31)13-17)11-14-1-3-15(4-2-14)19-12-20(27-23(29)16-5-6-16)26-22-18(19)7-9-24-22;5-4(6)3-1-2-3/h1-4,7,9,12,16-17H,5-6,8,10-11,13H2,(H,25,28)(H2,24,26,27,29);3H,1-2H2,(H2,5,6). The van der Waals surface area contributed by atoms with E-state index in [0.717, 1.165) is 47.8 Å². The molecule has 6 rings (SSSR count). The topological polar surface area (TPSA) is 164 Å². The fourth-order valence-electron chi connectivity index (χ4n) is 4.46. The maximum absolute atomic E-state index is 12.3. The molecule has 0 bridgehead atoms. The number of nitrogens with two attached hydrogens (primary N) is 1. The van der Waals surface area contributed by atoms with Gasteiger partial charge in [-0.05, 0) is 60.9 Å². The van der Waals surface area contributed by atoms with Crippen LogP contribution in [0.3, 0.4) is 0 Å². The lowest BCUT2D eigenvalue weighted by atomic mass is 10.0. The molecule has 2 saturated carbocycles. The van der Waals surface area contributed by atoms with Gasteiger partial charge in [0.1, 0.15) is 11.5 Å². The number of amides is 3. The van der Waals surface area contributed by atoms with Crippen molar-refractivity contribution in [3.63, 3.8) is 0 Å². The zero-order valence-corrected chi connectivity index (χ0v) is 21.7. The minimum Gasteiger partial charge on any atom is -0.369 e. The number of pyridine rings is 1. The maximum Gasteiger partial charge on any atom is 0.228 e. The molecule has 0 radical (unpaired) electrons. The minimum absolute atomic E-state index is 0.00535. The normalized spacial score (nSPS) is 19.8. The third kappa shape index (κ3) is 6.58. The molecule has 3 amide bonds. The number of sulfone groups is 1. The van der Waals surface area contributed by atoms with Gasteiger partial charge in [-0.3, -0.25) is 14.4 Å². The molecule has 38 heavy (non-hydrogen) atoms. The Morgan fingerprint density at radius 3 is 2.29 bits per heavy atom. The number of hydrogen-bond donors (Lipinski definition) is 4. The first-order valence-corrected chi connectivity index (χ1v) is 14.7. The van der Waals surface area contributed by atoms with Crippen LogP contribution < -0.4 is 16.4 Å². The molecule has 1 atom stereocenters. The fraction of sp³-hybridized carbons (Fsp3) is 0.407. The lowest BCUT2D eigenvalue weighted by Crippen LogP contribution is -2.36. The van der Waals surface area contributed by atoms with Crippen LogP contribution in [0.25, 0.3) is 22.2 Å². The number of nitrogens with zero attached hydrogens (tertiary/aromatic N) is 1. The van der Waals surface area contributed by atoms with Gasteiger partial charge >= 0.3 is 0 Å². The largest absolute Gasteiger partial charge is 0.369 e. The zero-order chi connectivity index (χ0) is 26.9. The van der Waals surface area contributed by atoms with Gasteiger partial charge in [0.05, 0.1) is 17.9 Å². The highest BCUT2D eigenvalue weighted by Gasteiger charge is 2.30. The average Bonchev–Trinajstić information content (AvgIpc) is 3.79. The molecular formula is C27H31N5O5S. The van der Waals surface area contributed by atoms with E-state index in [2.05, 4.69) is 20.6 Å². The van der Waals surface area contributed by atoms with E-state index >= 15 is 0 Å². The van der Waals surface area contributed by atoms with E-state index in [1.165, 1.54) is 0 Å². The molecule has 1 saturated heterocycles. The Labute approximate surface area is 220 Å². The van der Waals surface area contributed by atoms with Crippen molar-refractivity contribution in [3.8, 4) is 11.1 Å². The molecule has 10 nitrogen and oxygen atoms in total. The third-order valence-corrected chi connectivity index (χ3v) is 8.70. The second-order valence-electron chi connectivity index (χ2n) is 10.3. The number of aromatic nitrogens is 2. The van der Waals surface area contributed by atoms with Gasteiger partial charge in [-0.15, -0.1) is 0 Å². The Balaban J connectivity index is 0.000000433. The zero-order valence-electron chi connectivity index (χ0n) is 20.9. The Hall–Kier alpha value is -3.73. The van der Waals surface area contributed by atoms with Crippen LogP contribution in [-0.4, -0.2) is 53.7 Å². The first-order chi connectivity index (χ1) is 18.2. The summed E-state index contributed by atoms with van der Waals surface area (Å²) in [6.45, 7) is 0. The fourth-order valence-corrected chi connectivity index (χ4v) is 6.13. The number of anilines is 1. The van der Waals surface area contributed by atoms with Crippen LogP contribution in [0.2, 0.25) is 0 Å². The van der Waals surface area contributed by atoms with Gasteiger partial charge in [-0.1, -0.05) is 24.3 Å². The van der Waals surface area contributed by atoms with Crippen LogP contribution in [0.15, 0.2) is 42.6 Å². The second kappa shape index (κ2) is 10.6. The molecule has 11 heteroatoms. The van der Waals surface area contributed by atoms with E-state index in [4.69, 9.17) is 5.73 Å². The average molecular weight is 538 g/mol. The van der Waals surface area contributed by atoms with Crippen LogP contribution in [0, 0.1) is 11.8 Å². The van der Waals surface area contributed by atoms with Gasteiger partial charge < -0.3 is 21.4 Å². The van der Waals surface area contributed by atoms with E-state index in [-0.39, 0.29) is 53.5 Å². The van der Waals surface area contributed by atoms with Crippen molar-refractivity contribution < 1.29 is 22.8 Å². The van der Waals surface area contributed by atoms with Crippen molar-refractivity contribution in [2.24, 2.45) is 17.6 Å². The van der Waals surface area contributed by atoms with Gasteiger partial charge in [0.25, 0.3) is 0 Å². The number of carbonyl (C=O) groups is 3. The summed E-state index contributed by atoms with van der Waals surface area (Å²) in [5.74, 6) is 0.699. The van der Waals surface area contributed by atoms with E-state index in [1.54, 1.807) is 0 Å². The molecule has 2 aromatic heterocycles. The van der Waals surface area contributed by atoms with Crippen LogP contribution in [0.5, 0.6) is 0 Å². The number of H-pyrrole nitrogens is 1. The summed E-state index contributed by atoms with van der Waals surface area (Å²) < 4.78 is 23.1. The van der Waals surface area contributed by atoms with E-state index in [0.29, 0.717) is 17.9 Å². The number of aromatic amines is 1. The summed E-state index contributed by atoms with van der Waals surface area (Å²) in [6.07, 6.45) is 6.38. The molecule has 3 aliphatic rings. The molecule has 3 aromatic rings. The predicted molar refractivity (Wildman–Crippen MR) is 144 cm³/mol. The van der Waals surface area contributed by atoms with Gasteiger partial charge in [0.15, 0.2) is 9.84 Å². The number of nitrogens with one attached hydrogen (secondary N) is 3. The molecule has 3 fully saturated rings. The molecule has 1 unspecified atom stereocenters. The van der Waals surface area contributed by atoms with E-state index in [9.17, 15) is 22.8 Å². The second-order valence-corrected chi connectivity index (χ2v) is 12.5. The SMILES string of the molecule is NC(=O)C1CC1.O=C(Cc1ccc(-c2cc(NC(=O)C3CC3)nc3[nH]ccc23)cc1)NC1CCS(=O)(=O)C1. The van der Waals surface area contributed by atoms with Crippen molar-refractivity contribution in [2.45, 2.75) is 44.6 Å². The van der Waals surface area contributed by atoms with Crippen molar-refractivity contribution in [1.82, 2.24) is 15.3 Å². The molecule has 2 aliphatic carbocycles. The molecular weight excluding hydrogens is 506 g/mol. The first kappa shape index (κ1) is 25.9. The van der Waals surface area contributed by atoms with Crippen molar-refractivity contribution in [3.05, 3.63) is 48.2 Å². The highest BCUT2D eigenvalue weighted by Crippen LogP contribution is 2.33. The Bertz CT molecular complexity index is 1470. The van der Waals surface area contributed by atoms with E-state index < -0.39 is 9.84 Å². The minimum atomic E-state index is -3.02. The van der Waals surface area contributed by atoms with Gasteiger partial charge in [-0.2, -0.15) is 0 Å². The summed E-state index contributed by atoms with van der Waals surface area (Å²) in [7, 11) is -3.02. The predicted octanol–water partition coefficient (Wildman–Crippen LogP) is 2.31. The Kier molecular flexibility index (Phi) is 7.20. The molecule has 1 aromatic carbocycles. The summed E-state index contributed by atoms with van der Waals surface area (Å²) in [4.78, 5) is 42.1. The lowest BCUT2D eigenvalue weighted by molar-refractivity contribution is -0.121. The molecule has 0 spiro atoms. The van der Waals surface area contributed by atoms with Gasteiger partial charge in [-0.25, -0.2) is 13.4 Å². The van der Waals surface area contributed by atoms with Crippen LogP contribution >= 0.6 is 0 Å². The highest BCUT2D eigenvalue weighted by atomic mass is 32.2. The third-order valence-electron chi connectivity index (χ3n) is 6.93. The number of carbonyl (C=O) groups excluding carboxylic acids is 3. The van der Waals surface area contributed by atoms with E-state index in [1.807, 2.05) is 42.6 Å². The highest BCUT2D eigenvalue weighted by molar-refractivity contribution is 7.91. The molecule has 200 valence electrons. The number of rotatable bonds is 7. The number of benzene rings is 1. The van der Waals surface area contributed by atoms with Crippen molar-refractivity contribution >= 4 is 44.4 Å². The molecule has 1 aliphatic heterocycles. The quantitative estimate of drug-likeness (QED) is 0.361. The van der Waals surface area contributed by atoms with Gasteiger partial charge in [0.2, 0.25) is 17.7 Å². The monoisotopic (exact) mass is 537 g/mol. The number of hydrogen-bond acceptors (Lipinski definition) is 6. The van der Waals surface area contributed by atoms with Crippen LogP contribution in [0.1, 0.15) is 37.7 Å². The number of primary amides is 1. The van der Waals surface area contributed by atoms with Crippen LogP contribution in [0.4, 0.5) is 5.82 Å². The van der Waals surface area contributed by atoms with Gasteiger partial charge in [0, 0.05) is 29.5 Å². The first-order valence-electron chi connectivity index (χ1n) is 12.8. The number of fused-ring (bicyclic) bond motifs is 1. The molecule has 5 N–H and O–H groups in total. The summed E-state index contributed by atoms with van der Waals surface area (Å²) in [5.41, 5.74) is 8.29.